The van der Waals surface area contributed by atoms with Crippen molar-refractivity contribution in [3.05, 3.63) is 5.82 Å². The minimum Gasteiger partial charge on any atom is -0.355 e. The molecule has 1 saturated heterocycles. The predicted molar refractivity (Wildman–Crippen MR) is 90.1 cm³/mol. The summed E-state index contributed by atoms with van der Waals surface area (Å²) in [6.45, 7) is 4.52. The molecule has 0 aromatic carbocycles. The number of thioether (sulfide) groups is 1. The fourth-order valence-electron chi connectivity index (χ4n) is 2.52. The minimum absolute atomic E-state index is 0.0108. The van der Waals surface area contributed by atoms with Crippen LogP contribution in [0.3, 0.4) is 0 Å². The van der Waals surface area contributed by atoms with Gasteiger partial charge in [0.15, 0.2) is 15.0 Å². The van der Waals surface area contributed by atoms with Crippen LogP contribution in [0.1, 0.15) is 32.5 Å². The molecule has 0 aliphatic carbocycles. The van der Waals surface area contributed by atoms with Gasteiger partial charge in [0.05, 0.1) is 16.8 Å². The third kappa shape index (κ3) is 4.94. The molecule has 2 heterocycles. The Hall–Kier alpha value is -1.09. The van der Waals surface area contributed by atoms with Gasteiger partial charge in [0.1, 0.15) is 5.82 Å². The van der Waals surface area contributed by atoms with Crippen molar-refractivity contribution >= 4 is 27.5 Å². The summed E-state index contributed by atoms with van der Waals surface area (Å²) in [7, 11) is -1.02. The number of nitrogens with one attached hydrogen (secondary N) is 1. The van der Waals surface area contributed by atoms with Gasteiger partial charge in [-0.05, 0) is 25.7 Å². The highest BCUT2D eigenvalue weighted by Crippen LogP contribution is 2.25. The summed E-state index contributed by atoms with van der Waals surface area (Å²) in [5, 5.41) is 11.6. The van der Waals surface area contributed by atoms with Crippen LogP contribution in [0.25, 0.3) is 0 Å². The molecular weight excluding hydrogens is 336 g/mol. The monoisotopic (exact) mass is 360 g/mol. The molecule has 23 heavy (non-hydrogen) atoms. The normalized spacial score (nSPS) is 21.3. The lowest BCUT2D eigenvalue weighted by Gasteiger charge is -2.11. The van der Waals surface area contributed by atoms with Gasteiger partial charge in [-0.3, -0.25) is 4.79 Å². The Bertz CT molecular complexity index is 657. The lowest BCUT2D eigenvalue weighted by Crippen LogP contribution is -2.31. The van der Waals surface area contributed by atoms with E-state index in [0.29, 0.717) is 24.5 Å². The van der Waals surface area contributed by atoms with Crippen molar-refractivity contribution in [3.8, 4) is 0 Å². The van der Waals surface area contributed by atoms with Crippen LogP contribution in [0.5, 0.6) is 0 Å². The summed E-state index contributed by atoms with van der Waals surface area (Å²) in [5.41, 5.74) is 0. The second-order valence-electron chi connectivity index (χ2n) is 5.98. The summed E-state index contributed by atoms with van der Waals surface area (Å²) in [4.78, 5) is 11.9. The van der Waals surface area contributed by atoms with Gasteiger partial charge >= 0.3 is 0 Å². The van der Waals surface area contributed by atoms with Crippen molar-refractivity contribution in [3.63, 3.8) is 0 Å². The fourth-order valence-corrected chi connectivity index (χ4v) is 5.24. The summed E-state index contributed by atoms with van der Waals surface area (Å²) in [6.07, 6.45) is 2.20. The van der Waals surface area contributed by atoms with E-state index in [4.69, 9.17) is 0 Å². The number of hydrogen-bond acceptors (Lipinski definition) is 6. The third-order valence-electron chi connectivity index (χ3n) is 3.92. The smallest absolute Gasteiger partial charge is 0.233 e. The molecule has 130 valence electrons. The Morgan fingerprint density at radius 3 is 2.83 bits per heavy atom. The Labute approximate surface area is 141 Å². The Balaban J connectivity index is 1.95. The average molecular weight is 361 g/mol. The van der Waals surface area contributed by atoms with Crippen LogP contribution >= 0.6 is 11.8 Å². The first-order chi connectivity index (χ1) is 10.8. The molecule has 1 aliphatic rings. The Morgan fingerprint density at radius 1 is 1.48 bits per heavy atom. The molecular formula is C14H24N4O3S2. The number of sulfone groups is 1. The van der Waals surface area contributed by atoms with Gasteiger partial charge in [-0.1, -0.05) is 18.7 Å². The molecule has 0 radical (unpaired) electrons. The Kier molecular flexibility index (Phi) is 6.07. The van der Waals surface area contributed by atoms with E-state index < -0.39 is 9.84 Å². The Morgan fingerprint density at radius 2 is 2.22 bits per heavy atom. The number of amides is 1. The largest absolute Gasteiger partial charge is 0.355 e. The highest BCUT2D eigenvalue weighted by molar-refractivity contribution is 8.00. The van der Waals surface area contributed by atoms with Gasteiger partial charge in [-0.15, -0.1) is 10.2 Å². The van der Waals surface area contributed by atoms with E-state index in [-0.39, 0.29) is 28.6 Å². The second kappa shape index (κ2) is 7.65. The number of aromatic nitrogens is 3. The van der Waals surface area contributed by atoms with E-state index in [0.717, 1.165) is 12.2 Å². The van der Waals surface area contributed by atoms with E-state index in [1.54, 1.807) is 0 Å². The van der Waals surface area contributed by atoms with Crippen molar-refractivity contribution in [2.45, 2.75) is 43.5 Å². The van der Waals surface area contributed by atoms with Crippen LogP contribution in [-0.2, 0) is 28.1 Å². The molecule has 1 amide bonds. The lowest BCUT2D eigenvalue weighted by molar-refractivity contribution is -0.120. The van der Waals surface area contributed by atoms with Crippen LogP contribution in [0.15, 0.2) is 5.16 Å². The van der Waals surface area contributed by atoms with Gasteiger partial charge in [0.2, 0.25) is 5.91 Å². The van der Waals surface area contributed by atoms with Crippen molar-refractivity contribution in [1.82, 2.24) is 20.1 Å². The van der Waals surface area contributed by atoms with Gasteiger partial charge in [0.25, 0.3) is 0 Å². The highest BCUT2D eigenvalue weighted by Gasteiger charge is 2.29. The molecule has 0 spiro atoms. The van der Waals surface area contributed by atoms with E-state index in [2.05, 4.69) is 15.5 Å². The zero-order valence-corrected chi connectivity index (χ0v) is 15.4. The van der Waals surface area contributed by atoms with Crippen molar-refractivity contribution in [2.24, 2.45) is 13.0 Å². The van der Waals surface area contributed by atoms with Gasteiger partial charge < -0.3 is 9.88 Å². The number of hydrogen-bond donors (Lipinski definition) is 1. The van der Waals surface area contributed by atoms with E-state index >= 15 is 0 Å². The SMILES string of the molecule is CCCNC(=O)[C@@H](C)Sc1nnc(C[C@@H]2CCS(=O)(=O)C2)n1C. The molecule has 0 unspecified atom stereocenters. The molecule has 9 heteroatoms. The maximum atomic E-state index is 11.9. The van der Waals surface area contributed by atoms with E-state index in [1.165, 1.54) is 11.8 Å². The molecule has 1 aromatic rings. The van der Waals surface area contributed by atoms with Crippen LogP contribution in [0.4, 0.5) is 0 Å². The first-order valence-electron chi connectivity index (χ1n) is 7.85. The topological polar surface area (TPSA) is 94.0 Å². The number of nitrogens with zero attached hydrogens (tertiary/aromatic N) is 3. The van der Waals surface area contributed by atoms with Crippen LogP contribution in [-0.4, -0.2) is 52.4 Å². The van der Waals surface area contributed by atoms with Crippen LogP contribution in [0.2, 0.25) is 0 Å². The van der Waals surface area contributed by atoms with Crippen molar-refractivity contribution < 1.29 is 13.2 Å². The average Bonchev–Trinajstić information content (AvgIpc) is 3.01. The molecule has 1 aliphatic heterocycles. The van der Waals surface area contributed by atoms with Crippen molar-refractivity contribution in [1.29, 1.82) is 0 Å². The summed E-state index contributed by atoms with van der Waals surface area (Å²) in [6, 6.07) is 0. The number of rotatable bonds is 7. The first kappa shape index (κ1) is 18.3. The molecule has 1 aromatic heterocycles. The summed E-state index contributed by atoms with van der Waals surface area (Å²) in [5.74, 6) is 1.38. The first-order valence-corrected chi connectivity index (χ1v) is 10.6. The maximum absolute atomic E-state index is 11.9. The summed E-state index contributed by atoms with van der Waals surface area (Å²) < 4.78 is 24.9. The zero-order valence-electron chi connectivity index (χ0n) is 13.8. The molecule has 1 N–H and O–H groups in total. The van der Waals surface area contributed by atoms with Gasteiger partial charge in [0, 0.05) is 20.0 Å². The third-order valence-corrected chi connectivity index (χ3v) is 6.89. The molecule has 2 rings (SSSR count). The highest BCUT2D eigenvalue weighted by atomic mass is 32.2. The number of carbonyl (C=O) groups excluding carboxylic acids is 1. The van der Waals surface area contributed by atoms with Gasteiger partial charge in [-0.2, -0.15) is 0 Å². The van der Waals surface area contributed by atoms with E-state index in [9.17, 15) is 13.2 Å². The lowest BCUT2D eigenvalue weighted by atomic mass is 10.1. The number of carbonyl (C=O) groups is 1. The molecule has 1 fully saturated rings. The van der Waals surface area contributed by atoms with Crippen LogP contribution in [0, 0.1) is 5.92 Å². The summed E-state index contributed by atoms with van der Waals surface area (Å²) >= 11 is 1.37. The molecule has 0 bridgehead atoms. The predicted octanol–water partition coefficient (Wildman–Crippen LogP) is 0.799. The molecule has 2 atom stereocenters. The minimum atomic E-state index is -2.88. The zero-order chi connectivity index (χ0) is 17.0. The molecule has 7 nitrogen and oxygen atoms in total. The fraction of sp³-hybridized carbons (Fsp3) is 0.786. The second-order valence-corrected chi connectivity index (χ2v) is 9.52. The quantitative estimate of drug-likeness (QED) is 0.723. The standard InChI is InChI=1S/C14H24N4O3S2/c1-4-6-15-13(19)10(2)22-14-17-16-12(18(14)3)8-11-5-7-23(20,21)9-11/h10-11H,4-9H2,1-3H3,(H,15,19)/t10-,11+/m1/s1. The van der Waals surface area contributed by atoms with Crippen LogP contribution < -0.4 is 5.32 Å². The van der Waals surface area contributed by atoms with Gasteiger partial charge in [-0.25, -0.2) is 8.42 Å². The van der Waals surface area contributed by atoms with Crippen molar-refractivity contribution in [2.75, 3.05) is 18.1 Å². The maximum Gasteiger partial charge on any atom is 0.233 e. The van der Waals surface area contributed by atoms with E-state index in [1.807, 2.05) is 25.5 Å². The molecule has 0 saturated carbocycles.